The molecule has 3 rings (SSSR count). The van der Waals surface area contributed by atoms with Crippen molar-refractivity contribution in [3.63, 3.8) is 0 Å². The molecule has 148 valence electrons. The molecule has 0 bridgehead atoms. The Morgan fingerprint density at radius 3 is 2.57 bits per heavy atom. The van der Waals surface area contributed by atoms with Gasteiger partial charge >= 0.3 is 0 Å². The SMILES string of the molecule is O=C(CNc1cccc(C(=O)NC2CCCCC2)c1)NCc1ccccc1Cl. The van der Waals surface area contributed by atoms with Crippen molar-refractivity contribution in [2.45, 2.75) is 44.7 Å². The Hall–Kier alpha value is -2.53. The van der Waals surface area contributed by atoms with Crippen LogP contribution < -0.4 is 16.0 Å². The Bertz CT molecular complexity index is 819. The summed E-state index contributed by atoms with van der Waals surface area (Å²) in [5, 5.41) is 9.65. The second-order valence-electron chi connectivity index (χ2n) is 7.11. The largest absolute Gasteiger partial charge is 0.376 e. The van der Waals surface area contributed by atoms with Crippen LogP contribution in [0.3, 0.4) is 0 Å². The highest BCUT2D eigenvalue weighted by Gasteiger charge is 2.16. The lowest BCUT2D eigenvalue weighted by Crippen LogP contribution is -2.36. The van der Waals surface area contributed by atoms with Crippen LogP contribution in [0, 0.1) is 0 Å². The fourth-order valence-corrected chi connectivity index (χ4v) is 3.57. The van der Waals surface area contributed by atoms with Gasteiger partial charge in [-0.05, 0) is 42.7 Å². The number of halogens is 1. The van der Waals surface area contributed by atoms with Crippen molar-refractivity contribution in [1.29, 1.82) is 0 Å². The molecule has 2 aromatic rings. The standard InChI is InChI=1S/C22H26ClN3O2/c23-20-12-5-4-7-17(20)14-25-21(27)15-24-19-11-6-8-16(13-19)22(28)26-18-9-2-1-3-10-18/h4-8,11-13,18,24H,1-3,9-10,14-15H2,(H,25,27)(H,26,28). The van der Waals surface area contributed by atoms with Crippen LogP contribution in [0.1, 0.15) is 48.0 Å². The smallest absolute Gasteiger partial charge is 0.251 e. The monoisotopic (exact) mass is 399 g/mol. The van der Waals surface area contributed by atoms with E-state index in [1.807, 2.05) is 30.3 Å². The molecule has 0 atom stereocenters. The fourth-order valence-electron chi connectivity index (χ4n) is 3.37. The third-order valence-corrected chi connectivity index (χ3v) is 5.32. The van der Waals surface area contributed by atoms with Gasteiger partial charge in [0.2, 0.25) is 5.91 Å². The average Bonchev–Trinajstić information content (AvgIpc) is 2.72. The zero-order valence-corrected chi connectivity index (χ0v) is 16.6. The normalized spacial score (nSPS) is 14.3. The number of amides is 2. The third-order valence-electron chi connectivity index (χ3n) is 4.95. The maximum atomic E-state index is 12.5. The molecule has 0 spiro atoms. The quantitative estimate of drug-likeness (QED) is 0.655. The molecule has 2 aromatic carbocycles. The highest BCUT2D eigenvalue weighted by molar-refractivity contribution is 6.31. The number of carbonyl (C=O) groups is 2. The summed E-state index contributed by atoms with van der Waals surface area (Å²) in [5.41, 5.74) is 2.22. The van der Waals surface area contributed by atoms with Gasteiger partial charge in [0.1, 0.15) is 0 Å². The van der Waals surface area contributed by atoms with E-state index in [1.165, 1.54) is 19.3 Å². The summed E-state index contributed by atoms with van der Waals surface area (Å²) in [4.78, 5) is 24.6. The van der Waals surface area contributed by atoms with E-state index in [0.29, 0.717) is 17.1 Å². The van der Waals surface area contributed by atoms with E-state index in [4.69, 9.17) is 11.6 Å². The van der Waals surface area contributed by atoms with Crippen molar-refractivity contribution < 1.29 is 9.59 Å². The zero-order valence-electron chi connectivity index (χ0n) is 15.8. The minimum atomic E-state index is -0.142. The van der Waals surface area contributed by atoms with Gasteiger partial charge < -0.3 is 16.0 Å². The van der Waals surface area contributed by atoms with E-state index in [1.54, 1.807) is 18.2 Å². The summed E-state index contributed by atoms with van der Waals surface area (Å²) in [6.07, 6.45) is 5.71. The number of nitrogens with one attached hydrogen (secondary N) is 3. The number of carbonyl (C=O) groups excluding carboxylic acids is 2. The maximum Gasteiger partial charge on any atom is 0.251 e. The van der Waals surface area contributed by atoms with Crippen molar-refractivity contribution in [3.05, 3.63) is 64.7 Å². The molecule has 0 radical (unpaired) electrons. The van der Waals surface area contributed by atoms with Gasteiger partial charge in [-0.2, -0.15) is 0 Å². The Morgan fingerprint density at radius 2 is 1.79 bits per heavy atom. The molecule has 1 fully saturated rings. The maximum absolute atomic E-state index is 12.5. The third kappa shape index (κ3) is 5.99. The lowest BCUT2D eigenvalue weighted by atomic mass is 9.95. The molecule has 0 heterocycles. The molecule has 1 saturated carbocycles. The summed E-state index contributed by atoms with van der Waals surface area (Å²) in [7, 11) is 0. The average molecular weight is 400 g/mol. The molecule has 28 heavy (non-hydrogen) atoms. The topological polar surface area (TPSA) is 70.2 Å². The Morgan fingerprint density at radius 1 is 1.00 bits per heavy atom. The van der Waals surface area contributed by atoms with Gasteiger partial charge in [0.15, 0.2) is 0 Å². The molecule has 0 aromatic heterocycles. The molecular formula is C22H26ClN3O2. The first-order valence-electron chi connectivity index (χ1n) is 9.77. The van der Waals surface area contributed by atoms with Crippen molar-refractivity contribution in [2.75, 3.05) is 11.9 Å². The molecule has 0 aliphatic heterocycles. The lowest BCUT2D eigenvalue weighted by molar-refractivity contribution is -0.119. The van der Waals surface area contributed by atoms with Crippen LogP contribution in [0.4, 0.5) is 5.69 Å². The Kier molecular flexibility index (Phi) is 7.31. The van der Waals surface area contributed by atoms with Gasteiger partial charge in [0.25, 0.3) is 5.91 Å². The molecular weight excluding hydrogens is 374 g/mol. The van der Waals surface area contributed by atoms with E-state index < -0.39 is 0 Å². The Labute approximate surface area is 170 Å². The summed E-state index contributed by atoms with van der Waals surface area (Å²) >= 11 is 6.09. The van der Waals surface area contributed by atoms with Crippen LogP contribution in [0.5, 0.6) is 0 Å². The molecule has 1 aliphatic rings. The minimum Gasteiger partial charge on any atom is -0.376 e. The molecule has 2 amide bonds. The summed E-state index contributed by atoms with van der Waals surface area (Å²) in [6, 6.07) is 14.9. The first-order chi connectivity index (χ1) is 13.6. The molecule has 6 heteroatoms. The number of anilines is 1. The van der Waals surface area contributed by atoms with Crippen molar-refractivity contribution in [2.24, 2.45) is 0 Å². The molecule has 5 nitrogen and oxygen atoms in total. The summed E-state index contributed by atoms with van der Waals surface area (Å²) < 4.78 is 0. The summed E-state index contributed by atoms with van der Waals surface area (Å²) in [5.74, 6) is -0.198. The fraction of sp³-hybridized carbons (Fsp3) is 0.364. The van der Waals surface area contributed by atoms with Crippen molar-refractivity contribution in [1.82, 2.24) is 10.6 Å². The predicted octanol–water partition coefficient (Wildman–Crippen LogP) is 4.13. The van der Waals surface area contributed by atoms with Gasteiger partial charge in [-0.15, -0.1) is 0 Å². The Balaban J connectivity index is 1.47. The number of benzene rings is 2. The highest BCUT2D eigenvalue weighted by atomic mass is 35.5. The second-order valence-corrected chi connectivity index (χ2v) is 7.52. The first kappa shape index (κ1) is 20.2. The second kappa shape index (κ2) is 10.1. The highest BCUT2D eigenvalue weighted by Crippen LogP contribution is 2.18. The minimum absolute atomic E-state index is 0.0567. The van der Waals surface area contributed by atoms with Crippen LogP contribution in [0.2, 0.25) is 5.02 Å². The molecule has 0 saturated heterocycles. The van der Waals surface area contributed by atoms with Crippen LogP contribution in [-0.2, 0) is 11.3 Å². The van der Waals surface area contributed by atoms with E-state index in [0.717, 1.165) is 24.1 Å². The van der Waals surface area contributed by atoms with Crippen molar-refractivity contribution >= 4 is 29.1 Å². The number of hydrogen-bond acceptors (Lipinski definition) is 3. The van der Waals surface area contributed by atoms with Gasteiger partial charge in [-0.1, -0.05) is 55.1 Å². The van der Waals surface area contributed by atoms with Gasteiger partial charge in [0.05, 0.1) is 6.54 Å². The number of hydrogen-bond donors (Lipinski definition) is 3. The van der Waals surface area contributed by atoms with Gasteiger partial charge in [-0.25, -0.2) is 0 Å². The predicted molar refractivity (Wildman–Crippen MR) is 113 cm³/mol. The van der Waals surface area contributed by atoms with Crippen LogP contribution in [0.25, 0.3) is 0 Å². The van der Waals surface area contributed by atoms with Crippen LogP contribution in [-0.4, -0.2) is 24.4 Å². The van der Waals surface area contributed by atoms with Gasteiger partial charge in [-0.3, -0.25) is 9.59 Å². The van der Waals surface area contributed by atoms with Crippen molar-refractivity contribution in [3.8, 4) is 0 Å². The van der Waals surface area contributed by atoms with Gasteiger partial charge in [0, 0.05) is 28.9 Å². The summed E-state index contributed by atoms with van der Waals surface area (Å²) in [6.45, 7) is 0.502. The molecule has 3 N–H and O–H groups in total. The van der Waals surface area contributed by atoms with E-state index in [2.05, 4.69) is 16.0 Å². The first-order valence-corrected chi connectivity index (χ1v) is 10.1. The zero-order chi connectivity index (χ0) is 19.8. The van der Waals surface area contributed by atoms with E-state index >= 15 is 0 Å². The van der Waals surface area contributed by atoms with Crippen LogP contribution in [0.15, 0.2) is 48.5 Å². The number of rotatable bonds is 7. The molecule has 0 unspecified atom stereocenters. The van der Waals surface area contributed by atoms with Crippen LogP contribution >= 0.6 is 11.6 Å². The molecule has 1 aliphatic carbocycles. The lowest BCUT2D eigenvalue weighted by Gasteiger charge is -2.22. The van der Waals surface area contributed by atoms with E-state index in [-0.39, 0.29) is 24.4 Å². The van der Waals surface area contributed by atoms with E-state index in [9.17, 15) is 9.59 Å².